The zero-order chi connectivity index (χ0) is 16.9. The van der Waals surface area contributed by atoms with E-state index in [1.54, 1.807) is 18.2 Å². The molecule has 0 saturated carbocycles. The molecule has 23 heavy (non-hydrogen) atoms. The van der Waals surface area contributed by atoms with Crippen molar-refractivity contribution in [2.75, 3.05) is 12.8 Å². The molecule has 0 spiro atoms. The number of hydrogen-bond acceptors (Lipinski definition) is 5. The van der Waals surface area contributed by atoms with Crippen LogP contribution in [0.3, 0.4) is 0 Å². The van der Waals surface area contributed by atoms with Crippen LogP contribution in [0, 0.1) is 11.8 Å². The number of furan rings is 1. The summed E-state index contributed by atoms with van der Waals surface area (Å²) >= 11 is 0. The normalized spacial score (nSPS) is 24.3. The highest BCUT2D eigenvalue weighted by Gasteiger charge is 2.55. The van der Waals surface area contributed by atoms with E-state index in [0.717, 1.165) is 10.6 Å². The van der Waals surface area contributed by atoms with Crippen molar-refractivity contribution in [2.24, 2.45) is 11.8 Å². The molecule has 0 bridgehead atoms. The van der Waals surface area contributed by atoms with Gasteiger partial charge in [0, 0.05) is 6.54 Å². The molecule has 0 aliphatic carbocycles. The maximum absolute atomic E-state index is 12.6. The maximum atomic E-state index is 12.6. The minimum atomic E-state index is -3.72. The van der Waals surface area contributed by atoms with Gasteiger partial charge < -0.3 is 9.32 Å². The zero-order valence-electron chi connectivity index (χ0n) is 13.1. The summed E-state index contributed by atoms with van der Waals surface area (Å²) in [6, 6.07) is 2.59. The van der Waals surface area contributed by atoms with Crippen molar-refractivity contribution >= 4 is 21.8 Å². The van der Waals surface area contributed by atoms with E-state index < -0.39 is 27.9 Å². The fourth-order valence-electron chi connectivity index (χ4n) is 3.32. The molecule has 1 fully saturated rings. The molecule has 2 aliphatic heterocycles. The number of amides is 2. The van der Waals surface area contributed by atoms with Crippen LogP contribution in [-0.2, 0) is 14.8 Å². The molecule has 124 valence electrons. The van der Waals surface area contributed by atoms with Gasteiger partial charge in [-0.25, -0.2) is 12.7 Å². The van der Waals surface area contributed by atoms with Crippen molar-refractivity contribution in [3.63, 3.8) is 0 Å². The van der Waals surface area contributed by atoms with Crippen molar-refractivity contribution in [1.29, 1.82) is 0 Å². The summed E-state index contributed by atoms with van der Waals surface area (Å²) in [5.41, 5.74) is 0.371. The summed E-state index contributed by atoms with van der Waals surface area (Å²) in [5, 5.41) is 0. The fourth-order valence-corrected chi connectivity index (χ4v) is 4.33. The van der Waals surface area contributed by atoms with Gasteiger partial charge >= 0.3 is 0 Å². The highest BCUT2D eigenvalue weighted by Crippen LogP contribution is 2.41. The van der Waals surface area contributed by atoms with E-state index in [4.69, 9.17) is 4.42 Å². The number of carbonyl (C=O) groups excluding carboxylic acids is 2. The van der Waals surface area contributed by atoms with Gasteiger partial charge in [-0.1, -0.05) is 13.8 Å². The standard InChI is InChI=1S/C15H18N2O5S/c1-9(2)12-13-10(17(15(12)19)23(3,20)21)6-7-16(13)14(18)11-5-4-8-22-11/h4-6,8-9,12-13H,7H2,1-3H3/t12-,13+/m1/s1. The third-order valence-corrected chi connectivity index (χ3v) is 5.29. The molecule has 2 atom stereocenters. The third-order valence-electron chi connectivity index (χ3n) is 4.24. The van der Waals surface area contributed by atoms with Gasteiger partial charge in [-0.2, -0.15) is 0 Å². The number of rotatable bonds is 3. The van der Waals surface area contributed by atoms with Gasteiger partial charge in [-0.3, -0.25) is 9.59 Å². The van der Waals surface area contributed by atoms with Crippen LogP contribution in [0.4, 0.5) is 0 Å². The Hall–Kier alpha value is -2.09. The first-order valence-corrected chi connectivity index (χ1v) is 9.17. The first-order chi connectivity index (χ1) is 10.7. The summed E-state index contributed by atoms with van der Waals surface area (Å²) in [7, 11) is -3.72. The smallest absolute Gasteiger partial charge is 0.290 e. The van der Waals surface area contributed by atoms with Gasteiger partial charge in [-0.05, 0) is 24.1 Å². The Balaban J connectivity index is 2.02. The van der Waals surface area contributed by atoms with Crippen molar-refractivity contribution in [2.45, 2.75) is 19.9 Å². The summed E-state index contributed by atoms with van der Waals surface area (Å²) < 4.78 is 30.0. The lowest BCUT2D eigenvalue weighted by Crippen LogP contribution is -2.42. The van der Waals surface area contributed by atoms with Crippen LogP contribution in [0.25, 0.3) is 0 Å². The monoisotopic (exact) mass is 338 g/mol. The van der Waals surface area contributed by atoms with Crippen molar-refractivity contribution in [3.8, 4) is 0 Å². The summed E-state index contributed by atoms with van der Waals surface area (Å²) in [5.74, 6) is -1.34. The molecule has 7 nitrogen and oxygen atoms in total. The van der Waals surface area contributed by atoms with E-state index in [9.17, 15) is 18.0 Å². The van der Waals surface area contributed by atoms with Crippen LogP contribution in [0.15, 0.2) is 34.6 Å². The Kier molecular flexibility index (Phi) is 3.59. The predicted octanol–water partition coefficient (Wildman–Crippen LogP) is 1.06. The molecule has 0 N–H and O–H groups in total. The molecule has 1 aromatic heterocycles. The molecule has 0 aromatic carbocycles. The Bertz CT molecular complexity index is 779. The lowest BCUT2D eigenvalue weighted by Gasteiger charge is -2.28. The van der Waals surface area contributed by atoms with E-state index in [1.165, 1.54) is 11.2 Å². The lowest BCUT2D eigenvalue weighted by atomic mass is 9.89. The molecule has 1 saturated heterocycles. The second-order valence-electron chi connectivity index (χ2n) is 6.14. The van der Waals surface area contributed by atoms with Crippen LogP contribution >= 0.6 is 0 Å². The average molecular weight is 338 g/mol. The quantitative estimate of drug-likeness (QED) is 0.822. The average Bonchev–Trinajstić information content (AvgIpc) is 3.10. The van der Waals surface area contributed by atoms with Crippen LogP contribution in [0.5, 0.6) is 0 Å². The predicted molar refractivity (Wildman–Crippen MR) is 81.6 cm³/mol. The lowest BCUT2D eigenvalue weighted by molar-refractivity contribution is -0.128. The minimum absolute atomic E-state index is 0.104. The molecular formula is C15H18N2O5S. The highest BCUT2D eigenvalue weighted by atomic mass is 32.2. The number of fused-ring (bicyclic) bond motifs is 1. The van der Waals surface area contributed by atoms with Crippen LogP contribution in [0.1, 0.15) is 24.4 Å². The van der Waals surface area contributed by atoms with E-state index in [1.807, 2.05) is 13.8 Å². The molecule has 2 amide bonds. The first kappa shape index (κ1) is 15.8. The van der Waals surface area contributed by atoms with Crippen molar-refractivity contribution < 1.29 is 22.4 Å². The van der Waals surface area contributed by atoms with E-state index in [-0.39, 0.29) is 24.1 Å². The Morgan fingerprint density at radius 1 is 1.39 bits per heavy atom. The minimum Gasteiger partial charge on any atom is -0.459 e. The summed E-state index contributed by atoms with van der Waals surface area (Å²) in [6.45, 7) is 3.95. The molecule has 0 radical (unpaired) electrons. The summed E-state index contributed by atoms with van der Waals surface area (Å²) in [6.07, 6.45) is 4.04. The van der Waals surface area contributed by atoms with E-state index >= 15 is 0 Å². The Labute approximate surface area is 134 Å². The number of sulfonamides is 1. The number of nitrogens with zero attached hydrogens (tertiary/aromatic N) is 2. The second kappa shape index (κ2) is 5.23. The number of carbonyl (C=O) groups is 2. The third kappa shape index (κ3) is 2.37. The Morgan fingerprint density at radius 3 is 2.61 bits per heavy atom. The number of hydrogen-bond donors (Lipinski definition) is 0. The van der Waals surface area contributed by atoms with Crippen molar-refractivity contribution in [1.82, 2.24) is 9.21 Å². The first-order valence-electron chi connectivity index (χ1n) is 7.32. The largest absolute Gasteiger partial charge is 0.459 e. The van der Waals surface area contributed by atoms with Gasteiger partial charge in [0.1, 0.15) is 0 Å². The van der Waals surface area contributed by atoms with Crippen molar-refractivity contribution in [3.05, 3.63) is 35.9 Å². The fraction of sp³-hybridized carbons (Fsp3) is 0.467. The van der Waals surface area contributed by atoms with Crippen LogP contribution < -0.4 is 0 Å². The summed E-state index contributed by atoms with van der Waals surface area (Å²) in [4.78, 5) is 26.7. The van der Waals surface area contributed by atoms with Crippen LogP contribution in [-0.4, -0.2) is 48.3 Å². The van der Waals surface area contributed by atoms with Crippen LogP contribution in [0.2, 0.25) is 0 Å². The SMILES string of the molecule is CC(C)[C@H]1C(=O)N(S(C)(=O)=O)C2=CCN(C(=O)c3ccco3)[C@@H]21. The van der Waals surface area contributed by atoms with Gasteiger partial charge in [0.05, 0.1) is 30.2 Å². The van der Waals surface area contributed by atoms with Gasteiger partial charge in [0.15, 0.2) is 5.76 Å². The van der Waals surface area contributed by atoms with E-state index in [2.05, 4.69) is 0 Å². The Morgan fingerprint density at radius 2 is 2.09 bits per heavy atom. The molecular weight excluding hydrogens is 320 g/mol. The second-order valence-corrected chi connectivity index (χ2v) is 7.98. The highest BCUT2D eigenvalue weighted by molar-refractivity contribution is 7.89. The molecule has 1 aromatic rings. The topological polar surface area (TPSA) is 87.9 Å². The van der Waals surface area contributed by atoms with E-state index in [0.29, 0.717) is 5.70 Å². The molecule has 0 unspecified atom stereocenters. The van der Waals surface area contributed by atoms with Gasteiger partial charge in [-0.15, -0.1) is 0 Å². The van der Waals surface area contributed by atoms with Gasteiger partial charge in [0.25, 0.3) is 5.91 Å². The maximum Gasteiger partial charge on any atom is 0.290 e. The molecule has 2 aliphatic rings. The van der Waals surface area contributed by atoms with Gasteiger partial charge in [0.2, 0.25) is 15.9 Å². The molecule has 3 rings (SSSR count). The molecule has 3 heterocycles. The zero-order valence-corrected chi connectivity index (χ0v) is 13.9. The molecule has 8 heteroatoms.